The second kappa shape index (κ2) is 8.04. The van der Waals surface area contributed by atoms with Crippen LogP contribution in [0.3, 0.4) is 0 Å². The van der Waals surface area contributed by atoms with Crippen LogP contribution < -0.4 is 5.32 Å². The standard InChI is InChI=1S/C18H21ClFN/c1-2-3-5-10-17(14-8-6-4-7-9-14)21-18-12-11-15(19)13-16(18)20/h4,6-9,11-13,17,21H,2-3,5,10H2,1H3. The minimum absolute atomic E-state index is 0.119. The Morgan fingerprint density at radius 2 is 1.86 bits per heavy atom. The summed E-state index contributed by atoms with van der Waals surface area (Å²) >= 11 is 5.81. The van der Waals surface area contributed by atoms with Crippen LogP contribution in [0.1, 0.15) is 44.2 Å². The van der Waals surface area contributed by atoms with E-state index in [1.54, 1.807) is 12.1 Å². The summed E-state index contributed by atoms with van der Waals surface area (Å²) < 4.78 is 14.0. The van der Waals surface area contributed by atoms with E-state index in [9.17, 15) is 4.39 Å². The van der Waals surface area contributed by atoms with E-state index in [0.29, 0.717) is 10.7 Å². The molecule has 0 aliphatic carbocycles. The number of anilines is 1. The summed E-state index contributed by atoms with van der Waals surface area (Å²) in [5.41, 5.74) is 1.69. The molecule has 21 heavy (non-hydrogen) atoms. The van der Waals surface area contributed by atoms with Crippen LogP contribution in [0.15, 0.2) is 48.5 Å². The lowest BCUT2D eigenvalue weighted by Gasteiger charge is -2.21. The lowest BCUT2D eigenvalue weighted by molar-refractivity contribution is 0.593. The van der Waals surface area contributed by atoms with Gasteiger partial charge in [0.1, 0.15) is 5.82 Å². The number of hydrogen-bond acceptors (Lipinski definition) is 1. The molecule has 0 saturated heterocycles. The maximum Gasteiger partial charge on any atom is 0.147 e. The first-order valence-electron chi connectivity index (χ1n) is 7.47. The van der Waals surface area contributed by atoms with Crippen molar-refractivity contribution in [3.8, 4) is 0 Å². The maximum atomic E-state index is 14.0. The number of benzene rings is 2. The van der Waals surface area contributed by atoms with Gasteiger partial charge in [-0.25, -0.2) is 4.39 Å². The molecule has 2 aromatic rings. The van der Waals surface area contributed by atoms with Crippen LogP contribution in [0.4, 0.5) is 10.1 Å². The van der Waals surface area contributed by atoms with Crippen molar-refractivity contribution in [2.45, 2.75) is 38.6 Å². The number of unbranched alkanes of at least 4 members (excludes halogenated alkanes) is 2. The second-order valence-electron chi connectivity index (χ2n) is 5.23. The molecule has 0 fully saturated rings. The first-order valence-corrected chi connectivity index (χ1v) is 7.85. The SMILES string of the molecule is CCCCCC(Nc1ccc(Cl)cc1F)c1ccccc1. The van der Waals surface area contributed by atoms with E-state index >= 15 is 0 Å². The Balaban J connectivity index is 2.15. The second-order valence-corrected chi connectivity index (χ2v) is 5.66. The molecule has 3 heteroatoms. The van der Waals surface area contributed by atoms with E-state index < -0.39 is 0 Å². The third-order valence-corrected chi connectivity index (χ3v) is 3.79. The molecule has 0 radical (unpaired) electrons. The predicted octanol–water partition coefficient (Wildman–Crippen LogP) is 6.21. The average Bonchev–Trinajstić information content (AvgIpc) is 2.49. The molecule has 0 bridgehead atoms. The van der Waals surface area contributed by atoms with Crippen molar-refractivity contribution in [3.05, 3.63) is 64.9 Å². The van der Waals surface area contributed by atoms with Gasteiger partial charge in [-0.15, -0.1) is 0 Å². The van der Waals surface area contributed by atoms with Crippen molar-refractivity contribution >= 4 is 17.3 Å². The molecular formula is C18H21ClFN. The number of hydrogen-bond donors (Lipinski definition) is 1. The highest BCUT2D eigenvalue weighted by Crippen LogP contribution is 2.27. The minimum Gasteiger partial charge on any atom is -0.376 e. The summed E-state index contributed by atoms with van der Waals surface area (Å²) in [5.74, 6) is -0.307. The van der Waals surface area contributed by atoms with Gasteiger partial charge in [-0.2, -0.15) is 0 Å². The first-order chi connectivity index (χ1) is 10.2. The zero-order chi connectivity index (χ0) is 15.1. The third-order valence-electron chi connectivity index (χ3n) is 3.56. The van der Waals surface area contributed by atoms with E-state index in [1.165, 1.54) is 24.5 Å². The van der Waals surface area contributed by atoms with Crippen molar-refractivity contribution in [2.75, 3.05) is 5.32 Å². The van der Waals surface area contributed by atoms with Crippen LogP contribution in [0, 0.1) is 5.82 Å². The van der Waals surface area contributed by atoms with Crippen molar-refractivity contribution in [1.29, 1.82) is 0 Å². The van der Waals surface area contributed by atoms with Crippen molar-refractivity contribution in [3.63, 3.8) is 0 Å². The molecule has 0 amide bonds. The molecular weight excluding hydrogens is 285 g/mol. The van der Waals surface area contributed by atoms with Crippen molar-refractivity contribution in [1.82, 2.24) is 0 Å². The largest absolute Gasteiger partial charge is 0.376 e. The number of nitrogens with one attached hydrogen (secondary N) is 1. The van der Waals surface area contributed by atoms with Gasteiger partial charge >= 0.3 is 0 Å². The van der Waals surface area contributed by atoms with E-state index in [4.69, 9.17) is 11.6 Å². The average molecular weight is 306 g/mol. The summed E-state index contributed by atoms with van der Waals surface area (Å²) in [5, 5.41) is 3.73. The Labute approximate surface area is 131 Å². The Bertz CT molecular complexity index is 556. The lowest BCUT2D eigenvalue weighted by Crippen LogP contribution is -2.12. The highest BCUT2D eigenvalue weighted by Gasteiger charge is 2.13. The molecule has 0 heterocycles. The van der Waals surface area contributed by atoms with Gasteiger partial charge in [-0.05, 0) is 30.2 Å². The quantitative estimate of drug-likeness (QED) is 0.599. The molecule has 112 valence electrons. The van der Waals surface area contributed by atoms with E-state index in [0.717, 1.165) is 12.8 Å². The fourth-order valence-electron chi connectivity index (χ4n) is 2.40. The van der Waals surface area contributed by atoms with E-state index in [-0.39, 0.29) is 11.9 Å². The topological polar surface area (TPSA) is 12.0 Å². The molecule has 0 aliphatic heterocycles. The van der Waals surface area contributed by atoms with E-state index in [2.05, 4.69) is 24.4 Å². The smallest absolute Gasteiger partial charge is 0.147 e. The first kappa shape index (κ1) is 15.8. The Morgan fingerprint density at radius 1 is 1.10 bits per heavy atom. The summed E-state index contributed by atoms with van der Waals surface area (Å²) in [7, 11) is 0. The Kier molecular flexibility index (Phi) is 6.06. The van der Waals surface area contributed by atoms with Gasteiger partial charge in [0.25, 0.3) is 0 Å². The van der Waals surface area contributed by atoms with Crippen LogP contribution in [-0.4, -0.2) is 0 Å². The summed E-state index contributed by atoms with van der Waals surface area (Å²) in [6.07, 6.45) is 4.48. The summed E-state index contributed by atoms with van der Waals surface area (Å²) in [6, 6.07) is 15.1. The van der Waals surface area contributed by atoms with Crippen molar-refractivity contribution in [2.24, 2.45) is 0 Å². The molecule has 2 rings (SSSR count). The normalized spacial score (nSPS) is 12.1. The van der Waals surface area contributed by atoms with Crippen LogP contribution >= 0.6 is 11.6 Å². The fourth-order valence-corrected chi connectivity index (χ4v) is 2.56. The zero-order valence-corrected chi connectivity index (χ0v) is 13.0. The van der Waals surface area contributed by atoms with Crippen LogP contribution in [0.2, 0.25) is 5.02 Å². The zero-order valence-electron chi connectivity index (χ0n) is 12.3. The van der Waals surface area contributed by atoms with Gasteiger partial charge in [0.2, 0.25) is 0 Å². The van der Waals surface area contributed by atoms with Crippen LogP contribution in [0.5, 0.6) is 0 Å². The third kappa shape index (κ3) is 4.75. The number of halogens is 2. The molecule has 1 unspecified atom stereocenters. The van der Waals surface area contributed by atoms with Crippen LogP contribution in [-0.2, 0) is 0 Å². The predicted molar refractivity (Wildman–Crippen MR) is 88.4 cm³/mol. The fraction of sp³-hybridized carbons (Fsp3) is 0.333. The lowest BCUT2D eigenvalue weighted by atomic mass is 10.00. The minimum atomic E-state index is -0.307. The molecule has 0 aromatic heterocycles. The molecule has 1 atom stereocenters. The molecule has 1 nitrogen and oxygen atoms in total. The van der Waals surface area contributed by atoms with Crippen LogP contribution in [0.25, 0.3) is 0 Å². The summed E-state index contributed by atoms with van der Waals surface area (Å²) in [4.78, 5) is 0. The van der Waals surface area contributed by atoms with Crippen molar-refractivity contribution < 1.29 is 4.39 Å². The molecule has 1 N–H and O–H groups in total. The highest BCUT2D eigenvalue weighted by molar-refractivity contribution is 6.30. The monoisotopic (exact) mass is 305 g/mol. The summed E-state index contributed by atoms with van der Waals surface area (Å²) in [6.45, 7) is 2.18. The highest BCUT2D eigenvalue weighted by atomic mass is 35.5. The molecule has 0 aliphatic rings. The molecule has 0 saturated carbocycles. The van der Waals surface area contributed by atoms with E-state index in [1.807, 2.05) is 18.2 Å². The van der Waals surface area contributed by atoms with Gasteiger partial charge in [-0.3, -0.25) is 0 Å². The van der Waals surface area contributed by atoms with Gasteiger partial charge in [0, 0.05) is 5.02 Å². The maximum absolute atomic E-state index is 14.0. The Morgan fingerprint density at radius 3 is 2.52 bits per heavy atom. The van der Waals surface area contributed by atoms with Gasteiger partial charge < -0.3 is 5.32 Å². The molecule has 2 aromatic carbocycles. The van der Waals surface area contributed by atoms with Gasteiger partial charge in [-0.1, -0.05) is 68.1 Å². The molecule has 0 spiro atoms. The van der Waals surface area contributed by atoms with Gasteiger partial charge in [0.05, 0.1) is 11.7 Å². The Hall–Kier alpha value is -1.54. The van der Waals surface area contributed by atoms with Gasteiger partial charge in [0.15, 0.2) is 0 Å². The number of rotatable bonds is 7.